The monoisotopic (exact) mass is 522 g/mol. The van der Waals surface area contributed by atoms with Crippen LogP contribution in [0.15, 0.2) is 30.6 Å². The van der Waals surface area contributed by atoms with Gasteiger partial charge in [-0.3, -0.25) is 0 Å². The van der Waals surface area contributed by atoms with E-state index in [1.807, 2.05) is 0 Å². The fraction of sp³-hybridized carbons (Fsp3) is 0.643. The molecule has 0 aliphatic carbocycles. The summed E-state index contributed by atoms with van der Waals surface area (Å²) < 4.78 is 27.0. The van der Waals surface area contributed by atoms with E-state index in [0.717, 1.165) is 51.4 Å². The van der Waals surface area contributed by atoms with Crippen molar-refractivity contribution in [2.45, 2.75) is 103 Å². The van der Waals surface area contributed by atoms with Gasteiger partial charge in [0.25, 0.3) is 0 Å². The second kappa shape index (κ2) is 16.3. The predicted octanol–water partition coefficient (Wildman–Crippen LogP) is 5.33. The quantitative estimate of drug-likeness (QED) is 0.249. The third-order valence-corrected chi connectivity index (χ3v) is 6.31. The van der Waals surface area contributed by atoms with Crippen LogP contribution >= 0.6 is 0 Å². The third kappa shape index (κ3) is 9.32. The van der Waals surface area contributed by atoms with Crippen LogP contribution in [-0.2, 0) is 18.0 Å². The van der Waals surface area contributed by atoms with Gasteiger partial charge in [0.1, 0.15) is 46.4 Å². The van der Waals surface area contributed by atoms with Crippen LogP contribution in [0.2, 0.25) is 0 Å². The number of rotatable bonds is 18. The maximum Gasteiger partial charge on any atom is 0.345 e. The lowest BCUT2D eigenvalue weighted by atomic mass is 10.1. The van der Waals surface area contributed by atoms with E-state index in [-0.39, 0.29) is 47.4 Å². The normalized spacial score (nSPS) is 12.9. The molecule has 0 aliphatic heterocycles. The highest BCUT2D eigenvalue weighted by Gasteiger charge is 2.20. The highest BCUT2D eigenvalue weighted by Crippen LogP contribution is 2.27. The van der Waals surface area contributed by atoms with E-state index in [1.54, 1.807) is 0 Å². The Balaban J connectivity index is 2.07. The summed E-state index contributed by atoms with van der Waals surface area (Å²) in [6, 6.07) is 2.99. The average molecular weight is 523 g/mol. The van der Waals surface area contributed by atoms with E-state index in [9.17, 15) is 19.8 Å². The molecule has 0 spiro atoms. The van der Waals surface area contributed by atoms with Gasteiger partial charge in [-0.25, -0.2) is 9.59 Å². The van der Waals surface area contributed by atoms with Gasteiger partial charge in [0.15, 0.2) is 0 Å². The molecule has 2 aromatic heterocycles. The maximum atomic E-state index is 12.6. The van der Waals surface area contributed by atoms with Gasteiger partial charge in [-0.2, -0.15) is 0 Å². The first-order valence-corrected chi connectivity index (χ1v) is 13.2. The number of unbranched alkanes of at least 4 members (excludes halogenated alkanes) is 6. The Morgan fingerprint density at radius 1 is 0.703 bits per heavy atom. The minimum Gasteiger partial charge on any atom is -0.496 e. The van der Waals surface area contributed by atoms with Crippen molar-refractivity contribution in [2.24, 2.45) is 0 Å². The molecule has 0 saturated carbocycles. The van der Waals surface area contributed by atoms with Crippen LogP contribution in [0.4, 0.5) is 0 Å². The fourth-order valence-corrected chi connectivity index (χ4v) is 4.05. The van der Waals surface area contributed by atoms with Crippen molar-refractivity contribution in [2.75, 3.05) is 14.2 Å². The van der Waals surface area contributed by atoms with E-state index in [0.29, 0.717) is 12.8 Å². The smallest absolute Gasteiger partial charge is 0.345 e. The van der Waals surface area contributed by atoms with E-state index in [4.69, 9.17) is 23.0 Å². The molecule has 2 rings (SSSR count). The first kappa shape index (κ1) is 30.6. The molecule has 208 valence electrons. The van der Waals surface area contributed by atoms with E-state index in [1.165, 1.54) is 26.4 Å². The molecule has 2 N–H and O–H groups in total. The molecule has 0 aliphatic rings. The second-order valence-electron chi connectivity index (χ2n) is 9.19. The first-order valence-electron chi connectivity index (χ1n) is 13.2. The summed E-state index contributed by atoms with van der Waals surface area (Å²) in [5.41, 5.74) is -1.09. The van der Waals surface area contributed by atoms with Crippen LogP contribution in [0.25, 0.3) is 0 Å². The summed E-state index contributed by atoms with van der Waals surface area (Å²) in [6.45, 7) is 3.84. The molecule has 0 radical (unpaired) electrons. The third-order valence-electron chi connectivity index (χ3n) is 6.31. The lowest BCUT2D eigenvalue weighted by Gasteiger charge is -2.14. The zero-order valence-corrected chi connectivity index (χ0v) is 22.5. The van der Waals surface area contributed by atoms with Crippen molar-refractivity contribution in [1.29, 1.82) is 0 Å². The average Bonchev–Trinajstić information content (AvgIpc) is 2.89. The lowest BCUT2D eigenvalue weighted by molar-refractivity contribution is 0.0932. The molecule has 9 heteroatoms. The number of aliphatic hydroxyl groups is 2. The number of methoxy groups -OCH3 is 2. The SMILES string of the molecule is CCCCCCC(O)c1cc(OC)c(COCc2c(OC)cc(C(O)CCCCCC)oc2=O)c(=O)o1. The first-order chi connectivity index (χ1) is 17.9. The summed E-state index contributed by atoms with van der Waals surface area (Å²) in [5.74, 6) is 0.764. The molecule has 0 aromatic carbocycles. The Kier molecular flexibility index (Phi) is 13.5. The molecule has 37 heavy (non-hydrogen) atoms. The minimum atomic E-state index is -0.900. The molecule has 0 saturated heterocycles. The molecule has 2 unspecified atom stereocenters. The minimum absolute atomic E-state index is 0.131. The molecule has 0 fully saturated rings. The fourth-order valence-electron chi connectivity index (χ4n) is 4.05. The van der Waals surface area contributed by atoms with Gasteiger partial charge in [0.05, 0.1) is 27.4 Å². The van der Waals surface area contributed by atoms with Crippen molar-refractivity contribution in [3.05, 3.63) is 55.6 Å². The Hall–Kier alpha value is -2.62. The van der Waals surface area contributed by atoms with Crippen LogP contribution in [0, 0.1) is 0 Å². The van der Waals surface area contributed by atoms with Gasteiger partial charge in [-0.05, 0) is 12.8 Å². The summed E-state index contributed by atoms with van der Waals surface area (Å²) in [6.07, 6.45) is 7.17. The standard InChI is InChI=1S/C28H42O9/c1-5-7-9-11-13-21(29)25-15-23(33-3)19(27(31)36-25)17-35-18-20-24(34-4)16-26(37-28(20)32)22(30)14-12-10-8-6-2/h15-16,21-22,29-30H,5-14,17-18H2,1-4H3. The Morgan fingerprint density at radius 2 is 1.11 bits per heavy atom. The van der Waals surface area contributed by atoms with Gasteiger partial charge in [-0.1, -0.05) is 65.2 Å². The zero-order valence-electron chi connectivity index (χ0n) is 22.5. The van der Waals surface area contributed by atoms with Crippen LogP contribution in [0.3, 0.4) is 0 Å². The summed E-state index contributed by atoms with van der Waals surface area (Å²) >= 11 is 0. The molecule has 2 atom stereocenters. The van der Waals surface area contributed by atoms with Gasteiger partial charge < -0.3 is 33.3 Å². The Morgan fingerprint density at radius 3 is 1.46 bits per heavy atom. The van der Waals surface area contributed by atoms with Crippen molar-refractivity contribution >= 4 is 0 Å². The van der Waals surface area contributed by atoms with Crippen LogP contribution in [-0.4, -0.2) is 24.4 Å². The van der Waals surface area contributed by atoms with Crippen LogP contribution in [0.1, 0.15) is 113 Å². The Labute approximate surface area is 218 Å². The van der Waals surface area contributed by atoms with E-state index >= 15 is 0 Å². The van der Waals surface area contributed by atoms with Gasteiger partial charge in [0.2, 0.25) is 0 Å². The summed E-state index contributed by atoms with van der Waals surface area (Å²) in [4.78, 5) is 25.2. The zero-order chi connectivity index (χ0) is 27.2. The predicted molar refractivity (Wildman–Crippen MR) is 139 cm³/mol. The van der Waals surface area contributed by atoms with Crippen molar-refractivity contribution in [3.63, 3.8) is 0 Å². The molecule has 2 aromatic rings. The maximum absolute atomic E-state index is 12.6. The summed E-state index contributed by atoms with van der Waals surface area (Å²) in [5, 5.41) is 20.8. The second-order valence-corrected chi connectivity index (χ2v) is 9.19. The van der Waals surface area contributed by atoms with E-state index in [2.05, 4.69) is 13.8 Å². The van der Waals surface area contributed by atoms with Crippen LogP contribution in [0.5, 0.6) is 11.5 Å². The highest BCUT2D eigenvalue weighted by atomic mass is 16.5. The molecular formula is C28H42O9. The molecule has 2 heterocycles. The highest BCUT2D eigenvalue weighted by molar-refractivity contribution is 5.33. The molecule has 0 bridgehead atoms. The molecular weight excluding hydrogens is 480 g/mol. The number of aliphatic hydroxyl groups excluding tert-OH is 2. The van der Waals surface area contributed by atoms with Crippen molar-refractivity contribution in [1.82, 2.24) is 0 Å². The number of hydrogen-bond acceptors (Lipinski definition) is 9. The topological polar surface area (TPSA) is 129 Å². The summed E-state index contributed by atoms with van der Waals surface area (Å²) in [7, 11) is 2.83. The van der Waals surface area contributed by atoms with Gasteiger partial charge in [-0.15, -0.1) is 0 Å². The van der Waals surface area contributed by atoms with E-state index < -0.39 is 23.5 Å². The molecule has 9 nitrogen and oxygen atoms in total. The number of hydrogen-bond donors (Lipinski definition) is 2. The van der Waals surface area contributed by atoms with Crippen molar-refractivity contribution in [3.8, 4) is 11.5 Å². The number of ether oxygens (including phenoxy) is 3. The van der Waals surface area contributed by atoms with Gasteiger partial charge in [0, 0.05) is 12.1 Å². The van der Waals surface area contributed by atoms with Gasteiger partial charge >= 0.3 is 11.3 Å². The molecule has 0 amide bonds. The lowest BCUT2D eigenvalue weighted by Crippen LogP contribution is -2.17. The van der Waals surface area contributed by atoms with Crippen LogP contribution < -0.4 is 20.7 Å². The Bertz CT molecular complexity index is 973. The largest absolute Gasteiger partial charge is 0.496 e. The van der Waals surface area contributed by atoms with Crippen molar-refractivity contribution < 1.29 is 33.3 Å².